The molecule has 0 radical (unpaired) electrons. The minimum atomic E-state index is -0.0508. The van der Waals surface area contributed by atoms with Gasteiger partial charge in [0, 0.05) is 18.1 Å². The minimum absolute atomic E-state index is 0.0373. The summed E-state index contributed by atoms with van der Waals surface area (Å²) >= 11 is 0. The number of aryl methyl sites for hydroxylation is 1. The monoisotopic (exact) mass is 248 g/mol. The third-order valence-corrected chi connectivity index (χ3v) is 3.77. The molecule has 0 N–H and O–H groups in total. The number of ether oxygens (including phenoxy) is 1. The molecule has 0 amide bonds. The lowest BCUT2D eigenvalue weighted by Crippen LogP contribution is -2.30. The lowest BCUT2D eigenvalue weighted by molar-refractivity contribution is -0.123. The predicted octanol–water partition coefficient (Wildman–Crippen LogP) is 0.338. The van der Waals surface area contributed by atoms with Crippen LogP contribution in [0, 0.1) is 5.92 Å². The van der Waals surface area contributed by atoms with E-state index in [1.807, 2.05) is 0 Å². The van der Waals surface area contributed by atoms with Crippen LogP contribution >= 0.6 is 0 Å². The Kier molecular flexibility index (Phi) is 2.99. The quantitative estimate of drug-likeness (QED) is 0.773. The van der Waals surface area contributed by atoms with Crippen molar-refractivity contribution in [1.29, 1.82) is 0 Å². The fraction of sp³-hybridized carbons (Fsp3) is 0.615. The van der Waals surface area contributed by atoms with Crippen molar-refractivity contribution in [3.05, 3.63) is 27.9 Å². The van der Waals surface area contributed by atoms with E-state index < -0.39 is 0 Å². The van der Waals surface area contributed by atoms with Gasteiger partial charge in [-0.3, -0.25) is 14.2 Å². The topological polar surface area (TPSA) is 61.2 Å². The second-order valence-electron chi connectivity index (χ2n) is 4.98. The minimum Gasteiger partial charge on any atom is -0.381 e. The maximum absolute atomic E-state index is 12.2. The molecule has 96 valence electrons. The zero-order valence-corrected chi connectivity index (χ0v) is 10.2. The smallest absolute Gasteiger partial charge is 0.257 e. The van der Waals surface area contributed by atoms with Crippen LogP contribution in [-0.2, 0) is 28.9 Å². The van der Waals surface area contributed by atoms with Crippen molar-refractivity contribution >= 4 is 5.78 Å². The Morgan fingerprint density at radius 1 is 1.50 bits per heavy atom. The van der Waals surface area contributed by atoms with Crippen molar-refractivity contribution in [2.24, 2.45) is 5.92 Å². The molecule has 1 unspecified atom stereocenters. The van der Waals surface area contributed by atoms with Gasteiger partial charge in [-0.05, 0) is 25.7 Å². The Bertz CT molecular complexity index is 530. The molecule has 3 rings (SSSR count). The maximum Gasteiger partial charge on any atom is 0.257 e. The summed E-state index contributed by atoms with van der Waals surface area (Å²) in [7, 11) is 0. The number of hydrogen-bond acceptors (Lipinski definition) is 4. The van der Waals surface area contributed by atoms with E-state index in [4.69, 9.17) is 4.74 Å². The number of fused-ring (bicyclic) bond motifs is 1. The number of hydrogen-bond donors (Lipinski definition) is 0. The van der Waals surface area contributed by atoms with Crippen molar-refractivity contribution in [3.8, 4) is 0 Å². The SMILES string of the molecule is O=C(Cn1cnc2c(c1=O)CCC2)C1CCOC1. The predicted molar refractivity (Wildman–Crippen MR) is 64.5 cm³/mol. The van der Waals surface area contributed by atoms with Crippen LogP contribution in [0.3, 0.4) is 0 Å². The molecule has 1 aliphatic heterocycles. The van der Waals surface area contributed by atoms with Gasteiger partial charge < -0.3 is 4.74 Å². The number of carbonyl (C=O) groups is 1. The van der Waals surface area contributed by atoms with E-state index in [2.05, 4.69) is 4.98 Å². The van der Waals surface area contributed by atoms with Crippen LogP contribution in [0.2, 0.25) is 0 Å². The van der Waals surface area contributed by atoms with Crippen molar-refractivity contribution in [2.45, 2.75) is 32.2 Å². The van der Waals surface area contributed by atoms with Gasteiger partial charge in [0.15, 0.2) is 5.78 Å². The van der Waals surface area contributed by atoms with Crippen molar-refractivity contribution in [3.63, 3.8) is 0 Å². The Morgan fingerprint density at radius 2 is 2.39 bits per heavy atom. The Balaban J connectivity index is 1.81. The molecular weight excluding hydrogens is 232 g/mol. The van der Waals surface area contributed by atoms with Crippen LogP contribution in [0.1, 0.15) is 24.1 Å². The van der Waals surface area contributed by atoms with Crippen molar-refractivity contribution in [1.82, 2.24) is 9.55 Å². The van der Waals surface area contributed by atoms with Gasteiger partial charge in [-0.25, -0.2) is 4.98 Å². The molecule has 1 saturated heterocycles. The first-order valence-corrected chi connectivity index (χ1v) is 6.43. The summed E-state index contributed by atoms with van der Waals surface area (Å²) in [5, 5.41) is 0. The van der Waals surface area contributed by atoms with Crippen LogP contribution in [0.5, 0.6) is 0 Å². The molecule has 18 heavy (non-hydrogen) atoms. The number of nitrogens with zero attached hydrogens (tertiary/aromatic N) is 2. The van der Waals surface area contributed by atoms with Crippen LogP contribution in [0.15, 0.2) is 11.1 Å². The molecule has 0 spiro atoms. The summed E-state index contributed by atoms with van der Waals surface area (Å²) in [6.45, 7) is 1.27. The fourth-order valence-corrected chi connectivity index (χ4v) is 2.66. The van der Waals surface area contributed by atoms with Gasteiger partial charge in [-0.1, -0.05) is 0 Å². The molecule has 0 bridgehead atoms. The Morgan fingerprint density at radius 3 is 3.17 bits per heavy atom. The molecular formula is C13H16N2O3. The molecule has 1 aromatic heterocycles. The largest absolute Gasteiger partial charge is 0.381 e. The molecule has 1 atom stereocenters. The van der Waals surface area contributed by atoms with Crippen LogP contribution in [-0.4, -0.2) is 28.5 Å². The summed E-state index contributed by atoms with van der Waals surface area (Å²) in [5.41, 5.74) is 1.67. The van der Waals surface area contributed by atoms with E-state index in [1.165, 1.54) is 10.9 Å². The summed E-state index contributed by atoms with van der Waals surface area (Å²) in [4.78, 5) is 28.4. The van der Waals surface area contributed by atoms with E-state index in [0.29, 0.717) is 13.2 Å². The standard InChI is InChI=1S/C13H16N2O3/c16-12(9-4-5-18-7-9)6-15-8-14-11-3-1-2-10(11)13(15)17/h8-9H,1-7H2. The van der Waals surface area contributed by atoms with Crippen LogP contribution < -0.4 is 5.56 Å². The van der Waals surface area contributed by atoms with E-state index in [0.717, 1.165) is 36.9 Å². The summed E-state index contributed by atoms with van der Waals surface area (Å²) in [6, 6.07) is 0. The highest BCUT2D eigenvalue weighted by atomic mass is 16.5. The molecule has 1 aliphatic carbocycles. The summed E-state index contributed by atoms with van der Waals surface area (Å²) in [6.07, 6.45) is 4.96. The second kappa shape index (κ2) is 4.65. The van der Waals surface area contributed by atoms with Gasteiger partial charge in [-0.2, -0.15) is 0 Å². The third-order valence-electron chi connectivity index (χ3n) is 3.77. The third kappa shape index (κ3) is 1.99. The first-order chi connectivity index (χ1) is 8.75. The summed E-state index contributed by atoms with van der Waals surface area (Å²) < 4.78 is 6.65. The number of aromatic nitrogens is 2. The molecule has 0 saturated carbocycles. The maximum atomic E-state index is 12.2. The molecule has 1 fully saturated rings. The van der Waals surface area contributed by atoms with Gasteiger partial charge >= 0.3 is 0 Å². The molecule has 5 heteroatoms. The normalized spacial score (nSPS) is 22.1. The van der Waals surface area contributed by atoms with Crippen molar-refractivity contribution < 1.29 is 9.53 Å². The molecule has 1 aromatic rings. The highest BCUT2D eigenvalue weighted by Crippen LogP contribution is 2.16. The van der Waals surface area contributed by atoms with Gasteiger partial charge in [-0.15, -0.1) is 0 Å². The molecule has 0 aromatic carbocycles. The van der Waals surface area contributed by atoms with Crippen LogP contribution in [0.4, 0.5) is 0 Å². The number of rotatable bonds is 3. The van der Waals surface area contributed by atoms with Gasteiger partial charge in [0.2, 0.25) is 0 Å². The number of Topliss-reactive ketones (excluding diaryl/α,β-unsaturated/α-hetero) is 1. The first kappa shape index (κ1) is 11.6. The highest BCUT2D eigenvalue weighted by Gasteiger charge is 2.25. The molecule has 2 aliphatic rings. The molecule has 2 heterocycles. The van der Waals surface area contributed by atoms with E-state index in [9.17, 15) is 9.59 Å². The van der Waals surface area contributed by atoms with E-state index in [-0.39, 0.29) is 23.8 Å². The van der Waals surface area contributed by atoms with Crippen molar-refractivity contribution in [2.75, 3.05) is 13.2 Å². The lowest BCUT2D eigenvalue weighted by atomic mass is 10.0. The number of carbonyl (C=O) groups excluding carboxylic acids is 1. The Labute approximate surface area is 105 Å². The summed E-state index contributed by atoms with van der Waals surface area (Å²) in [5.74, 6) is 0.0273. The average molecular weight is 248 g/mol. The lowest BCUT2D eigenvalue weighted by Gasteiger charge is -2.09. The molecule has 5 nitrogen and oxygen atoms in total. The highest BCUT2D eigenvalue weighted by molar-refractivity contribution is 5.81. The first-order valence-electron chi connectivity index (χ1n) is 6.43. The zero-order valence-electron chi connectivity index (χ0n) is 10.2. The van der Waals surface area contributed by atoms with E-state index >= 15 is 0 Å². The number of ketones is 1. The van der Waals surface area contributed by atoms with Gasteiger partial charge in [0.25, 0.3) is 5.56 Å². The zero-order chi connectivity index (χ0) is 12.5. The Hall–Kier alpha value is -1.49. The average Bonchev–Trinajstić information content (AvgIpc) is 3.02. The van der Waals surface area contributed by atoms with Gasteiger partial charge in [0.1, 0.15) is 0 Å². The van der Waals surface area contributed by atoms with Gasteiger partial charge in [0.05, 0.1) is 25.2 Å². The second-order valence-corrected chi connectivity index (χ2v) is 4.98. The van der Waals surface area contributed by atoms with E-state index in [1.54, 1.807) is 0 Å². The fourth-order valence-electron chi connectivity index (χ4n) is 2.66. The van der Waals surface area contributed by atoms with Crippen LogP contribution in [0.25, 0.3) is 0 Å².